The van der Waals surface area contributed by atoms with Gasteiger partial charge in [0.25, 0.3) is 0 Å². The molecule has 0 spiro atoms. The summed E-state index contributed by atoms with van der Waals surface area (Å²) in [6, 6.07) is 7.96. The van der Waals surface area contributed by atoms with Gasteiger partial charge in [-0.1, -0.05) is 0 Å². The standard InChI is InChI=1S/C12H14ClNSSe/c1-12(2,3)11-14-10(15-16-11)8-4-6-9(13)7-5-8/h4-7,11H,1-3H3. The molecule has 1 aliphatic heterocycles. The van der Waals surface area contributed by atoms with E-state index in [1.54, 1.807) is 0 Å². The minimum absolute atomic E-state index is 0.279. The molecule has 0 aliphatic carbocycles. The number of nitrogens with zero attached hydrogens (tertiary/aromatic N) is 1. The molecule has 0 aromatic heterocycles. The SMILES string of the molecule is CC(C)(C)C1N=C(c2ccc(Cl)cc2)S[Se]1. The summed E-state index contributed by atoms with van der Waals surface area (Å²) in [6.07, 6.45) is 0. The average Bonchev–Trinajstić information content (AvgIpc) is 2.67. The topological polar surface area (TPSA) is 12.4 Å². The summed E-state index contributed by atoms with van der Waals surface area (Å²) in [7, 11) is 1.91. The number of hydrogen-bond acceptors (Lipinski definition) is 2. The van der Waals surface area contributed by atoms with E-state index in [1.165, 1.54) is 10.6 Å². The first-order valence-electron chi connectivity index (χ1n) is 5.14. The van der Waals surface area contributed by atoms with Gasteiger partial charge in [0, 0.05) is 0 Å². The van der Waals surface area contributed by atoms with E-state index in [9.17, 15) is 0 Å². The van der Waals surface area contributed by atoms with Crippen LogP contribution in [0.25, 0.3) is 0 Å². The Labute approximate surface area is 111 Å². The van der Waals surface area contributed by atoms with E-state index < -0.39 is 0 Å². The maximum absolute atomic E-state index is 5.88. The Balaban J connectivity index is 2.21. The van der Waals surface area contributed by atoms with E-state index in [-0.39, 0.29) is 5.41 Å². The summed E-state index contributed by atoms with van der Waals surface area (Å²) in [6.45, 7) is 6.77. The molecule has 4 heteroatoms. The molecular formula is C12H14ClNSSe. The molecule has 1 nitrogen and oxygen atoms in total. The van der Waals surface area contributed by atoms with Crippen LogP contribution in [0.2, 0.25) is 5.02 Å². The summed E-state index contributed by atoms with van der Waals surface area (Å²) in [4.78, 5) is 5.31. The fraction of sp³-hybridized carbons (Fsp3) is 0.417. The summed E-state index contributed by atoms with van der Waals surface area (Å²) < 4.78 is 0. The molecule has 0 bridgehead atoms. The third kappa shape index (κ3) is 2.84. The zero-order valence-electron chi connectivity index (χ0n) is 9.53. The van der Waals surface area contributed by atoms with Crippen molar-refractivity contribution in [2.45, 2.75) is 25.7 Å². The molecule has 86 valence electrons. The summed E-state index contributed by atoms with van der Waals surface area (Å²) in [5.41, 5.74) is 1.48. The summed E-state index contributed by atoms with van der Waals surface area (Å²) in [5.74, 6) is 0. The van der Waals surface area contributed by atoms with Gasteiger partial charge >= 0.3 is 112 Å². The Morgan fingerprint density at radius 2 is 1.88 bits per heavy atom. The van der Waals surface area contributed by atoms with Crippen LogP contribution in [0, 0.1) is 5.41 Å². The molecule has 1 unspecified atom stereocenters. The van der Waals surface area contributed by atoms with Gasteiger partial charge in [-0.05, 0) is 0 Å². The molecule has 1 aliphatic rings. The Morgan fingerprint density at radius 1 is 1.25 bits per heavy atom. The molecule has 0 amide bonds. The van der Waals surface area contributed by atoms with E-state index in [2.05, 4.69) is 32.9 Å². The van der Waals surface area contributed by atoms with Crippen LogP contribution < -0.4 is 0 Å². The predicted octanol–water partition coefficient (Wildman–Crippen LogP) is 3.82. The molecule has 1 aromatic rings. The van der Waals surface area contributed by atoms with Crippen LogP contribution in [0.1, 0.15) is 26.3 Å². The normalized spacial score (nSPS) is 21.0. The van der Waals surface area contributed by atoms with Gasteiger partial charge in [-0.3, -0.25) is 0 Å². The Bertz CT molecular complexity index is 408. The molecule has 0 saturated carbocycles. The van der Waals surface area contributed by atoms with Gasteiger partial charge in [-0.2, -0.15) is 0 Å². The van der Waals surface area contributed by atoms with Crippen molar-refractivity contribution in [3.05, 3.63) is 34.9 Å². The van der Waals surface area contributed by atoms with Gasteiger partial charge in [0.1, 0.15) is 0 Å². The quantitative estimate of drug-likeness (QED) is 0.717. The van der Waals surface area contributed by atoms with Crippen LogP contribution in [0.15, 0.2) is 29.3 Å². The minimum atomic E-state index is 0.279. The molecule has 0 fully saturated rings. The van der Waals surface area contributed by atoms with E-state index in [4.69, 9.17) is 16.6 Å². The van der Waals surface area contributed by atoms with E-state index in [0.717, 1.165) is 5.02 Å². The molecule has 16 heavy (non-hydrogen) atoms. The van der Waals surface area contributed by atoms with Gasteiger partial charge in [0.15, 0.2) is 0 Å². The third-order valence-electron chi connectivity index (χ3n) is 2.28. The maximum atomic E-state index is 5.88. The number of rotatable bonds is 1. The first-order chi connectivity index (χ1) is 7.47. The predicted molar refractivity (Wildman–Crippen MR) is 74.6 cm³/mol. The van der Waals surface area contributed by atoms with Crippen molar-refractivity contribution < 1.29 is 0 Å². The van der Waals surface area contributed by atoms with Gasteiger partial charge in [-0.25, -0.2) is 0 Å². The fourth-order valence-electron chi connectivity index (χ4n) is 1.29. The van der Waals surface area contributed by atoms with Crippen LogP contribution >= 0.6 is 21.8 Å². The molecule has 1 atom stereocenters. The molecule has 0 radical (unpaired) electrons. The second kappa shape index (κ2) is 4.73. The van der Waals surface area contributed by atoms with Crippen molar-refractivity contribution in [2.75, 3.05) is 0 Å². The molecule has 1 aromatic carbocycles. The van der Waals surface area contributed by atoms with Crippen LogP contribution in [0.4, 0.5) is 0 Å². The summed E-state index contributed by atoms with van der Waals surface area (Å²) >= 11 is 6.40. The van der Waals surface area contributed by atoms with E-state index in [1.807, 2.05) is 22.3 Å². The fourth-order valence-corrected chi connectivity index (χ4v) is 6.80. The first kappa shape index (κ1) is 12.5. The van der Waals surface area contributed by atoms with Crippen molar-refractivity contribution >= 4 is 40.7 Å². The van der Waals surface area contributed by atoms with Crippen LogP contribution in [-0.4, -0.2) is 23.8 Å². The van der Waals surface area contributed by atoms with Crippen molar-refractivity contribution in [1.82, 2.24) is 0 Å². The number of hydrogen-bond donors (Lipinski definition) is 0. The van der Waals surface area contributed by atoms with Crippen LogP contribution in [0.3, 0.4) is 0 Å². The zero-order chi connectivity index (χ0) is 11.8. The third-order valence-corrected chi connectivity index (χ3v) is 7.77. The second-order valence-corrected chi connectivity index (χ2v) is 9.22. The molecular weight excluding hydrogens is 305 g/mol. The molecule has 0 N–H and O–H groups in total. The van der Waals surface area contributed by atoms with Gasteiger partial charge in [0.05, 0.1) is 0 Å². The zero-order valence-corrected chi connectivity index (χ0v) is 12.8. The Kier molecular flexibility index (Phi) is 3.70. The van der Waals surface area contributed by atoms with Crippen molar-refractivity contribution in [2.24, 2.45) is 10.4 Å². The van der Waals surface area contributed by atoms with Gasteiger partial charge < -0.3 is 0 Å². The number of benzene rings is 1. The first-order valence-corrected chi connectivity index (χ1v) is 9.34. The molecule has 0 saturated heterocycles. The molecule has 2 rings (SSSR count). The number of halogens is 1. The van der Waals surface area contributed by atoms with Crippen LogP contribution in [-0.2, 0) is 0 Å². The van der Waals surface area contributed by atoms with Gasteiger partial charge in [-0.15, -0.1) is 0 Å². The van der Waals surface area contributed by atoms with Crippen molar-refractivity contribution in [3.8, 4) is 0 Å². The number of aliphatic imine (C=N–C) groups is 1. The Hall–Kier alpha value is 0.0495. The Morgan fingerprint density at radius 3 is 2.38 bits per heavy atom. The monoisotopic (exact) mass is 319 g/mol. The van der Waals surface area contributed by atoms with E-state index >= 15 is 0 Å². The van der Waals surface area contributed by atoms with Crippen molar-refractivity contribution in [1.29, 1.82) is 0 Å². The summed E-state index contributed by atoms with van der Waals surface area (Å²) in [5, 5.41) is 1.96. The van der Waals surface area contributed by atoms with Gasteiger partial charge in [0.2, 0.25) is 0 Å². The van der Waals surface area contributed by atoms with Crippen LogP contribution in [0.5, 0.6) is 0 Å². The average molecular weight is 319 g/mol. The van der Waals surface area contributed by atoms with E-state index in [0.29, 0.717) is 18.8 Å². The molecule has 1 heterocycles. The second-order valence-electron chi connectivity index (χ2n) is 4.84. The van der Waals surface area contributed by atoms with Crippen molar-refractivity contribution in [3.63, 3.8) is 0 Å².